The van der Waals surface area contributed by atoms with Gasteiger partial charge in [-0.2, -0.15) is 9.41 Å². The first-order valence-corrected chi connectivity index (χ1v) is 12.4. The normalized spacial score (nSPS) is 21.8. The summed E-state index contributed by atoms with van der Waals surface area (Å²) < 4.78 is 33.3. The minimum Gasteiger partial charge on any atom is -0.477 e. The Balaban J connectivity index is 1.89. The Morgan fingerprint density at radius 1 is 1.24 bits per heavy atom. The first kappa shape index (κ1) is 24.9. The molecule has 182 valence electrons. The van der Waals surface area contributed by atoms with E-state index >= 15 is 0 Å². The lowest BCUT2D eigenvalue weighted by atomic mass is 10.0. The maximum atomic E-state index is 13.2. The molecular formula is C20H31N7O5S. The third kappa shape index (κ3) is 5.25. The number of carbonyl (C=O) groups excluding carboxylic acids is 2. The summed E-state index contributed by atoms with van der Waals surface area (Å²) >= 11 is 0. The van der Waals surface area contributed by atoms with Crippen LogP contribution in [0, 0.1) is 0 Å². The zero-order valence-corrected chi connectivity index (χ0v) is 19.9. The molecule has 0 spiro atoms. The van der Waals surface area contributed by atoms with Crippen LogP contribution >= 0.6 is 0 Å². The summed E-state index contributed by atoms with van der Waals surface area (Å²) in [5.74, 6) is -1.31. The van der Waals surface area contributed by atoms with E-state index in [4.69, 9.17) is 10.5 Å². The monoisotopic (exact) mass is 481 g/mol. The lowest BCUT2D eigenvalue weighted by molar-refractivity contribution is -0.120. The van der Waals surface area contributed by atoms with Crippen LogP contribution in [0.15, 0.2) is 22.3 Å². The first-order chi connectivity index (χ1) is 15.7. The molecule has 4 N–H and O–H groups in total. The highest BCUT2D eigenvalue weighted by molar-refractivity contribution is 7.89. The number of nitrogens with two attached hydrogens (primary N) is 1. The summed E-state index contributed by atoms with van der Waals surface area (Å²) in [5.41, 5.74) is 8.57. The Morgan fingerprint density at radius 2 is 1.94 bits per heavy atom. The molecule has 2 aliphatic heterocycles. The van der Waals surface area contributed by atoms with Crippen LogP contribution < -0.4 is 21.2 Å². The fraction of sp³-hybridized carbons (Fsp3) is 0.600. The lowest BCUT2D eigenvalue weighted by Crippen LogP contribution is -2.54. The van der Waals surface area contributed by atoms with Crippen LogP contribution in [0.25, 0.3) is 0 Å². The summed E-state index contributed by atoms with van der Waals surface area (Å²) in [4.78, 5) is 31.1. The minimum atomic E-state index is -3.85. The molecule has 0 aromatic carbocycles. The quantitative estimate of drug-likeness (QED) is 0.410. The van der Waals surface area contributed by atoms with E-state index < -0.39 is 33.9 Å². The van der Waals surface area contributed by atoms with Gasteiger partial charge in [0.15, 0.2) is 0 Å². The molecule has 3 rings (SSSR count). The van der Waals surface area contributed by atoms with Crippen LogP contribution in [-0.4, -0.2) is 91.5 Å². The Bertz CT molecular complexity index is 1020. The van der Waals surface area contributed by atoms with E-state index in [0.29, 0.717) is 38.3 Å². The number of rotatable bonds is 9. The molecule has 3 heterocycles. The summed E-state index contributed by atoms with van der Waals surface area (Å²) in [5, 5.41) is 6.80. The second-order valence-electron chi connectivity index (χ2n) is 7.71. The Labute approximate surface area is 193 Å². The van der Waals surface area contributed by atoms with Crippen molar-refractivity contribution in [2.75, 3.05) is 39.3 Å². The van der Waals surface area contributed by atoms with Crippen molar-refractivity contribution in [3.05, 3.63) is 17.8 Å². The van der Waals surface area contributed by atoms with Crippen molar-refractivity contribution in [2.24, 2.45) is 10.8 Å². The topological polar surface area (TPSA) is 159 Å². The van der Waals surface area contributed by atoms with Crippen molar-refractivity contribution in [1.82, 2.24) is 24.9 Å². The smallest absolute Gasteiger partial charge is 0.257 e. The van der Waals surface area contributed by atoms with Gasteiger partial charge in [0, 0.05) is 26.2 Å². The molecule has 1 saturated heterocycles. The van der Waals surface area contributed by atoms with Gasteiger partial charge in [0.2, 0.25) is 21.8 Å². The van der Waals surface area contributed by atoms with Gasteiger partial charge >= 0.3 is 0 Å². The highest BCUT2D eigenvalue weighted by Gasteiger charge is 2.37. The number of piperazine rings is 1. The zero-order chi connectivity index (χ0) is 24.2. The molecule has 2 aliphatic rings. The number of amides is 2. The van der Waals surface area contributed by atoms with Gasteiger partial charge in [-0.05, 0) is 26.0 Å². The molecule has 2 unspecified atom stereocenters. The molecule has 13 heteroatoms. The molecule has 33 heavy (non-hydrogen) atoms. The van der Waals surface area contributed by atoms with Crippen molar-refractivity contribution in [3.8, 4) is 5.88 Å². The average molecular weight is 482 g/mol. The molecule has 1 aromatic rings. The molecule has 0 radical (unpaired) electrons. The maximum absolute atomic E-state index is 13.2. The van der Waals surface area contributed by atoms with Crippen molar-refractivity contribution in [2.45, 2.75) is 44.2 Å². The van der Waals surface area contributed by atoms with E-state index in [1.807, 2.05) is 13.8 Å². The maximum Gasteiger partial charge on any atom is 0.257 e. The van der Waals surface area contributed by atoms with Crippen molar-refractivity contribution in [1.29, 1.82) is 0 Å². The number of sulfonamides is 1. The Hall–Kier alpha value is -2.77. The van der Waals surface area contributed by atoms with Crippen molar-refractivity contribution < 1.29 is 22.7 Å². The number of hydrogen-bond donors (Lipinski definition) is 3. The van der Waals surface area contributed by atoms with Crippen molar-refractivity contribution >= 4 is 27.5 Å². The fourth-order valence-electron chi connectivity index (χ4n) is 3.83. The average Bonchev–Trinajstić information content (AvgIpc) is 3.22. The van der Waals surface area contributed by atoms with E-state index in [-0.39, 0.29) is 22.9 Å². The number of aromatic nitrogens is 1. The molecule has 0 aliphatic carbocycles. The molecule has 0 saturated carbocycles. The molecular weight excluding hydrogens is 450 g/mol. The minimum absolute atomic E-state index is 0.00122. The molecule has 0 bridgehead atoms. The summed E-state index contributed by atoms with van der Waals surface area (Å²) in [6, 6.07) is -0.412. The standard InChI is InChI=1S/C20H31N7O5S/c1-4-15-16(17(18(21)28)25-24-15)23-19(29)14-11-13(12-22-20(14)32-6-3)33(30,31)27-9-7-26(5-2)8-10-27/h11-12,16-17,25H,4-10H2,1-3H3,(H2,21,28)(H,23,29). The highest BCUT2D eigenvalue weighted by Crippen LogP contribution is 2.24. The van der Waals surface area contributed by atoms with Gasteiger partial charge in [0.05, 0.1) is 18.5 Å². The number of hydrogen-bond acceptors (Lipinski definition) is 9. The predicted molar refractivity (Wildman–Crippen MR) is 121 cm³/mol. The summed E-state index contributed by atoms with van der Waals surface area (Å²) in [6.45, 7) is 8.66. The van der Waals surface area contributed by atoms with Crippen LogP contribution in [0.4, 0.5) is 0 Å². The number of pyridine rings is 1. The van der Waals surface area contributed by atoms with Gasteiger partial charge in [0.25, 0.3) is 5.91 Å². The number of primary amides is 1. The molecule has 2 atom stereocenters. The molecule has 1 fully saturated rings. The van der Waals surface area contributed by atoms with Gasteiger partial charge < -0.3 is 20.7 Å². The number of nitrogens with one attached hydrogen (secondary N) is 2. The fourth-order valence-corrected chi connectivity index (χ4v) is 5.22. The summed E-state index contributed by atoms with van der Waals surface area (Å²) in [6.07, 6.45) is 1.68. The van der Waals surface area contributed by atoms with E-state index in [1.54, 1.807) is 6.92 Å². The summed E-state index contributed by atoms with van der Waals surface area (Å²) in [7, 11) is -3.85. The van der Waals surface area contributed by atoms with Gasteiger partial charge in [-0.1, -0.05) is 13.8 Å². The highest BCUT2D eigenvalue weighted by atomic mass is 32.2. The molecule has 1 aromatic heterocycles. The van der Waals surface area contributed by atoms with Gasteiger partial charge in [0.1, 0.15) is 22.5 Å². The SMILES string of the molecule is CCOc1ncc(S(=O)(=O)N2CCN(CC)CC2)cc1C(=O)NC1C(CC)=NNC1C(N)=O. The van der Waals surface area contributed by atoms with Crippen LogP contribution in [0.5, 0.6) is 5.88 Å². The number of carbonyl (C=O) groups is 2. The van der Waals surface area contributed by atoms with E-state index in [1.165, 1.54) is 16.6 Å². The van der Waals surface area contributed by atoms with Gasteiger partial charge in [-0.25, -0.2) is 13.4 Å². The number of nitrogens with zero attached hydrogens (tertiary/aromatic N) is 4. The lowest BCUT2D eigenvalue weighted by Gasteiger charge is -2.33. The van der Waals surface area contributed by atoms with E-state index in [2.05, 4.69) is 25.7 Å². The van der Waals surface area contributed by atoms with Gasteiger partial charge in [-0.3, -0.25) is 15.0 Å². The van der Waals surface area contributed by atoms with Crippen LogP contribution in [0.2, 0.25) is 0 Å². The molecule has 2 amide bonds. The first-order valence-electron chi connectivity index (χ1n) is 11.0. The largest absolute Gasteiger partial charge is 0.477 e. The van der Waals surface area contributed by atoms with Crippen molar-refractivity contribution in [3.63, 3.8) is 0 Å². The number of hydrazone groups is 1. The van der Waals surface area contributed by atoms with Gasteiger partial charge in [-0.15, -0.1) is 0 Å². The Kier molecular flexibility index (Phi) is 7.87. The second kappa shape index (κ2) is 10.4. The zero-order valence-electron chi connectivity index (χ0n) is 19.1. The number of ether oxygens (including phenoxy) is 1. The van der Waals surface area contributed by atoms with E-state index in [0.717, 1.165) is 6.54 Å². The van der Waals surface area contributed by atoms with Crippen LogP contribution in [-0.2, 0) is 14.8 Å². The second-order valence-corrected chi connectivity index (χ2v) is 9.65. The number of likely N-dealkylation sites (N-methyl/N-ethyl adjacent to an activating group) is 1. The van der Waals surface area contributed by atoms with Crippen LogP contribution in [0.3, 0.4) is 0 Å². The third-order valence-electron chi connectivity index (χ3n) is 5.76. The third-order valence-corrected chi connectivity index (χ3v) is 7.63. The van der Waals surface area contributed by atoms with Crippen LogP contribution in [0.1, 0.15) is 37.6 Å². The van der Waals surface area contributed by atoms with E-state index in [9.17, 15) is 18.0 Å². The Morgan fingerprint density at radius 3 is 2.52 bits per heavy atom. The predicted octanol–water partition coefficient (Wildman–Crippen LogP) is -0.872. The molecule has 12 nitrogen and oxygen atoms in total.